The van der Waals surface area contributed by atoms with Crippen molar-refractivity contribution in [2.75, 3.05) is 12.4 Å². The number of anilines is 1. The Morgan fingerprint density at radius 3 is 2.38 bits per heavy atom. The normalized spacial score (nSPS) is 10.6. The lowest BCUT2D eigenvalue weighted by molar-refractivity contribution is 0.0956. The zero-order valence-corrected chi connectivity index (χ0v) is 16.2. The van der Waals surface area contributed by atoms with Crippen LogP contribution in [0.1, 0.15) is 31.8 Å². The second-order valence-electron chi connectivity index (χ2n) is 6.29. The van der Waals surface area contributed by atoms with Crippen LogP contribution in [0.25, 0.3) is 0 Å². The van der Waals surface area contributed by atoms with E-state index in [4.69, 9.17) is 4.74 Å². The van der Waals surface area contributed by atoms with Crippen LogP contribution in [0, 0.1) is 6.92 Å². The summed E-state index contributed by atoms with van der Waals surface area (Å²) in [6.45, 7) is 1.86. The first-order chi connectivity index (χ1) is 14.1. The van der Waals surface area contributed by atoms with Gasteiger partial charge in [0, 0.05) is 5.56 Å². The summed E-state index contributed by atoms with van der Waals surface area (Å²) in [4.78, 5) is 25.1. The van der Waals surface area contributed by atoms with E-state index in [1.165, 1.54) is 6.21 Å². The molecule has 0 aliphatic rings. The van der Waals surface area contributed by atoms with Crippen LogP contribution in [0.15, 0.2) is 77.9 Å². The van der Waals surface area contributed by atoms with Gasteiger partial charge in [-0.25, -0.2) is 5.43 Å². The fourth-order valence-electron chi connectivity index (χ4n) is 2.75. The Labute approximate surface area is 169 Å². The molecule has 0 aliphatic heterocycles. The molecule has 0 saturated carbocycles. The minimum absolute atomic E-state index is 0.275. The number of ether oxygens (including phenoxy) is 1. The molecule has 146 valence electrons. The van der Waals surface area contributed by atoms with Gasteiger partial charge < -0.3 is 10.1 Å². The first-order valence-electron chi connectivity index (χ1n) is 9.02. The molecule has 2 N–H and O–H groups in total. The fraction of sp³-hybridized carbons (Fsp3) is 0.0870. The maximum Gasteiger partial charge on any atom is 0.273 e. The van der Waals surface area contributed by atoms with E-state index in [0.717, 1.165) is 11.1 Å². The van der Waals surface area contributed by atoms with Gasteiger partial charge in [-0.15, -0.1) is 0 Å². The molecule has 0 fully saturated rings. The molecular formula is C23H21N3O3. The minimum atomic E-state index is -0.426. The molecule has 3 aromatic carbocycles. The highest BCUT2D eigenvalue weighted by molar-refractivity contribution is 6.09. The van der Waals surface area contributed by atoms with Crippen molar-refractivity contribution < 1.29 is 14.3 Å². The van der Waals surface area contributed by atoms with Crippen LogP contribution in [0.2, 0.25) is 0 Å². The minimum Gasteiger partial charge on any atom is -0.497 e. The van der Waals surface area contributed by atoms with Crippen molar-refractivity contribution in [1.82, 2.24) is 5.43 Å². The lowest BCUT2D eigenvalue weighted by Gasteiger charge is -2.11. The maximum absolute atomic E-state index is 12.6. The van der Waals surface area contributed by atoms with Crippen LogP contribution in [-0.2, 0) is 0 Å². The predicted molar refractivity (Wildman–Crippen MR) is 114 cm³/mol. The van der Waals surface area contributed by atoms with Crippen molar-refractivity contribution in [2.24, 2.45) is 5.10 Å². The molecule has 0 radical (unpaired) electrons. The Balaban J connectivity index is 1.72. The summed E-state index contributed by atoms with van der Waals surface area (Å²) in [5.41, 5.74) is 5.41. The number of nitrogens with zero attached hydrogens (tertiary/aromatic N) is 1. The molecule has 6 nitrogen and oxygen atoms in total. The highest BCUT2D eigenvalue weighted by Gasteiger charge is 2.14. The number of amides is 2. The summed E-state index contributed by atoms with van der Waals surface area (Å²) in [6.07, 6.45) is 1.52. The van der Waals surface area contributed by atoms with Crippen LogP contribution < -0.4 is 15.5 Å². The van der Waals surface area contributed by atoms with Crippen LogP contribution >= 0.6 is 0 Å². The van der Waals surface area contributed by atoms with Gasteiger partial charge in [-0.2, -0.15) is 5.10 Å². The summed E-state index contributed by atoms with van der Waals surface area (Å²) in [7, 11) is 1.58. The lowest BCUT2D eigenvalue weighted by Crippen LogP contribution is -2.21. The fourth-order valence-corrected chi connectivity index (χ4v) is 2.75. The number of hydrazone groups is 1. The van der Waals surface area contributed by atoms with E-state index in [9.17, 15) is 9.59 Å². The van der Waals surface area contributed by atoms with Gasteiger partial charge in [-0.05, 0) is 48.4 Å². The van der Waals surface area contributed by atoms with Crippen molar-refractivity contribution >= 4 is 23.7 Å². The first-order valence-corrected chi connectivity index (χ1v) is 9.02. The number of hydrogen-bond donors (Lipinski definition) is 2. The quantitative estimate of drug-likeness (QED) is 0.495. The molecule has 6 heteroatoms. The molecule has 0 aliphatic carbocycles. The van der Waals surface area contributed by atoms with Crippen molar-refractivity contribution in [1.29, 1.82) is 0 Å². The van der Waals surface area contributed by atoms with E-state index in [-0.39, 0.29) is 5.91 Å². The number of carbonyl (C=O) groups is 2. The molecule has 3 aromatic rings. The first kappa shape index (κ1) is 19.8. The zero-order chi connectivity index (χ0) is 20.6. The number of benzene rings is 3. The van der Waals surface area contributed by atoms with Gasteiger partial charge in [-0.1, -0.05) is 42.5 Å². The van der Waals surface area contributed by atoms with E-state index < -0.39 is 5.91 Å². The Hall–Kier alpha value is -3.93. The number of para-hydroxylation sites is 1. The molecule has 0 atom stereocenters. The van der Waals surface area contributed by atoms with Gasteiger partial charge in [0.25, 0.3) is 11.8 Å². The molecule has 2 amide bonds. The summed E-state index contributed by atoms with van der Waals surface area (Å²) < 4.78 is 5.16. The van der Waals surface area contributed by atoms with Crippen LogP contribution in [0.4, 0.5) is 5.69 Å². The average Bonchev–Trinajstić information content (AvgIpc) is 2.74. The molecular weight excluding hydrogens is 366 g/mol. The number of methoxy groups -OCH3 is 1. The molecule has 0 unspecified atom stereocenters. The van der Waals surface area contributed by atoms with Gasteiger partial charge in [0.2, 0.25) is 0 Å². The monoisotopic (exact) mass is 387 g/mol. The molecule has 0 heterocycles. The third-order valence-electron chi connectivity index (χ3n) is 4.28. The largest absolute Gasteiger partial charge is 0.497 e. The van der Waals surface area contributed by atoms with E-state index in [0.29, 0.717) is 22.6 Å². The molecule has 3 rings (SSSR count). The SMILES string of the molecule is COc1cccc(/C=N/NC(=O)c2ccccc2NC(=O)c2ccccc2C)c1. The summed E-state index contributed by atoms with van der Waals surface area (Å²) in [5, 5.41) is 6.80. The predicted octanol–water partition coefficient (Wildman–Crippen LogP) is 4.02. The van der Waals surface area contributed by atoms with Crippen molar-refractivity contribution in [3.8, 4) is 5.75 Å². The van der Waals surface area contributed by atoms with Crippen molar-refractivity contribution in [3.05, 3.63) is 95.1 Å². The van der Waals surface area contributed by atoms with Gasteiger partial charge in [0.15, 0.2) is 0 Å². The second kappa shape index (κ2) is 9.32. The molecule has 0 aromatic heterocycles. The third-order valence-corrected chi connectivity index (χ3v) is 4.28. The number of rotatable bonds is 6. The smallest absolute Gasteiger partial charge is 0.273 e. The number of aryl methyl sites for hydroxylation is 1. The Morgan fingerprint density at radius 1 is 0.897 bits per heavy atom. The second-order valence-corrected chi connectivity index (χ2v) is 6.29. The molecule has 0 saturated heterocycles. The van der Waals surface area contributed by atoms with Crippen molar-refractivity contribution in [3.63, 3.8) is 0 Å². The number of carbonyl (C=O) groups excluding carboxylic acids is 2. The Bertz CT molecular complexity index is 1060. The topological polar surface area (TPSA) is 79.8 Å². The molecule has 29 heavy (non-hydrogen) atoms. The van der Waals surface area contributed by atoms with Gasteiger partial charge >= 0.3 is 0 Å². The third kappa shape index (κ3) is 5.07. The van der Waals surface area contributed by atoms with Crippen molar-refractivity contribution in [2.45, 2.75) is 6.92 Å². The van der Waals surface area contributed by atoms with E-state index in [1.54, 1.807) is 49.6 Å². The molecule has 0 bridgehead atoms. The summed E-state index contributed by atoms with van der Waals surface area (Å²) in [6, 6.07) is 21.4. The van der Waals surface area contributed by atoms with Gasteiger partial charge in [0.1, 0.15) is 5.75 Å². The van der Waals surface area contributed by atoms with Crippen LogP contribution in [0.5, 0.6) is 5.75 Å². The number of nitrogens with one attached hydrogen (secondary N) is 2. The van der Waals surface area contributed by atoms with Crippen LogP contribution in [-0.4, -0.2) is 25.1 Å². The highest BCUT2D eigenvalue weighted by Crippen LogP contribution is 2.17. The van der Waals surface area contributed by atoms with E-state index in [1.807, 2.05) is 37.3 Å². The molecule has 0 spiro atoms. The zero-order valence-electron chi connectivity index (χ0n) is 16.2. The maximum atomic E-state index is 12.6. The van der Waals surface area contributed by atoms with Crippen LogP contribution in [0.3, 0.4) is 0 Å². The van der Waals surface area contributed by atoms with Gasteiger partial charge in [0.05, 0.1) is 24.6 Å². The highest BCUT2D eigenvalue weighted by atomic mass is 16.5. The van der Waals surface area contributed by atoms with Gasteiger partial charge in [-0.3, -0.25) is 9.59 Å². The van der Waals surface area contributed by atoms with E-state index >= 15 is 0 Å². The Morgan fingerprint density at radius 2 is 1.62 bits per heavy atom. The summed E-state index contributed by atoms with van der Waals surface area (Å²) in [5.74, 6) is -0.00222. The average molecular weight is 387 g/mol. The summed E-state index contributed by atoms with van der Waals surface area (Å²) >= 11 is 0. The number of hydrogen-bond acceptors (Lipinski definition) is 4. The Kier molecular flexibility index (Phi) is 6.37. The lowest BCUT2D eigenvalue weighted by atomic mass is 10.1. The standard InChI is InChI=1S/C23H21N3O3/c1-16-8-3-4-11-19(16)22(27)25-21-13-6-5-12-20(21)23(28)26-24-15-17-9-7-10-18(14-17)29-2/h3-15H,1-2H3,(H,25,27)(H,26,28)/b24-15+. The van der Waals surface area contributed by atoms with E-state index in [2.05, 4.69) is 15.8 Å².